The lowest BCUT2D eigenvalue weighted by molar-refractivity contribution is -0.117. The van der Waals surface area contributed by atoms with Gasteiger partial charge in [-0.1, -0.05) is 11.8 Å². The molecular weight excluding hydrogens is 230 g/mol. The molecule has 96 valence electrons. The van der Waals surface area contributed by atoms with Gasteiger partial charge in [-0.15, -0.1) is 0 Å². The van der Waals surface area contributed by atoms with E-state index in [2.05, 4.69) is 17.2 Å². The first-order chi connectivity index (χ1) is 8.65. The zero-order chi connectivity index (χ0) is 13.4. The highest BCUT2D eigenvalue weighted by Gasteiger charge is 2.03. The van der Waals surface area contributed by atoms with Gasteiger partial charge in [0.15, 0.2) is 0 Å². The number of hydrogen-bond donors (Lipinski definition) is 2. The molecule has 0 unspecified atom stereocenters. The highest BCUT2D eigenvalue weighted by Crippen LogP contribution is 2.14. The van der Waals surface area contributed by atoms with Crippen LogP contribution in [0.1, 0.15) is 17.5 Å². The molecule has 1 amide bonds. The Morgan fingerprint density at radius 2 is 2.22 bits per heavy atom. The molecule has 0 heterocycles. The lowest BCUT2D eigenvalue weighted by Crippen LogP contribution is -2.13. The molecule has 0 aromatic heterocycles. The number of amides is 1. The monoisotopic (exact) mass is 247 g/mol. The summed E-state index contributed by atoms with van der Waals surface area (Å²) in [6.45, 7) is 2.15. The number of nitrogens with one attached hydrogen (secondary N) is 1. The number of benzene rings is 1. The van der Waals surface area contributed by atoms with E-state index in [1.807, 2.05) is 19.1 Å². The molecule has 0 radical (unpaired) electrons. The summed E-state index contributed by atoms with van der Waals surface area (Å²) in [5.41, 5.74) is 2.48. The van der Waals surface area contributed by atoms with Crippen LogP contribution in [0.25, 0.3) is 0 Å². The number of carbonyl (C=O) groups excluding carboxylic acids is 1. The molecule has 18 heavy (non-hydrogen) atoms. The third-order valence-corrected chi connectivity index (χ3v) is 2.21. The maximum atomic E-state index is 11.5. The van der Waals surface area contributed by atoms with Gasteiger partial charge in [-0.3, -0.25) is 4.79 Å². The van der Waals surface area contributed by atoms with Crippen molar-refractivity contribution in [2.45, 2.75) is 13.3 Å². The van der Waals surface area contributed by atoms with Crippen molar-refractivity contribution >= 4 is 11.6 Å². The van der Waals surface area contributed by atoms with Gasteiger partial charge in [-0.05, 0) is 30.7 Å². The van der Waals surface area contributed by atoms with Crippen LogP contribution < -0.4 is 5.32 Å². The number of methoxy groups -OCH3 is 1. The maximum absolute atomic E-state index is 11.5. The van der Waals surface area contributed by atoms with Crippen molar-refractivity contribution in [2.75, 3.05) is 25.6 Å². The summed E-state index contributed by atoms with van der Waals surface area (Å²) in [6.07, 6.45) is 0.322. The standard InChI is InChI=1S/C14H17NO3/c1-11-8-12(4-3-6-16)10-13(9-11)15-14(17)5-7-18-2/h8-10,16H,5-7H2,1-2H3,(H,15,17). The summed E-state index contributed by atoms with van der Waals surface area (Å²) >= 11 is 0. The van der Waals surface area contributed by atoms with Crippen LogP contribution in [-0.4, -0.2) is 31.3 Å². The highest BCUT2D eigenvalue weighted by atomic mass is 16.5. The van der Waals surface area contributed by atoms with Crippen LogP contribution in [0.4, 0.5) is 5.69 Å². The Labute approximate surface area is 107 Å². The third-order valence-electron chi connectivity index (χ3n) is 2.21. The molecular formula is C14H17NO3. The van der Waals surface area contributed by atoms with Gasteiger partial charge in [-0.25, -0.2) is 0 Å². The number of hydrogen-bond acceptors (Lipinski definition) is 3. The van der Waals surface area contributed by atoms with Gasteiger partial charge in [0, 0.05) is 18.4 Å². The molecule has 0 spiro atoms. The molecule has 0 aliphatic heterocycles. The van der Waals surface area contributed by atoms with Gasteiger partial charge in [0.2, 0.25) is 5.91 Å². The summed E-state index contributed by atoms with van der Waals surface area (Å²) in [5.74, 6) is 5.30. The molecule has 1 rings (SSSR count). The van der Waals surface area contributed by atoms with Crippen LogP contribution in [0.5, 0.6) is 0 Å². The maximum Gasteiger partial charge on any atom is 0.226 e. The third kappa shape index (κ3) is 5.00. The predicted molar refractivity (Wildman–Crippen MR) is 70.3 cm³/mol. The van der Waals surface area contributed by atoms with Gasteiger partial charge in [0.05, 0.1) is 13.0 Å². The lowest BCUT2D eigenvalue weighted by Gasteiger charge is -2.06. The summed E-state index contributed by atoms with van der Waals surface area (Å²) in [5, 5.41) is 11.4. The molecule has 0 atom stereocenters. The first kappa shape index (κ1) is 14.2. The molecule has 0 saturated carbocycles. The van der Waals surface area contributed by atoms with Crippen molar-refractivity contribution in [3.63, 3.8) is 0 Å². The Morgan fingerprint density at radius 1 is 1.44 bits per heavy atom. The summed E-state index contributed by atoms with van der Waals surface area (Å²) in [4.78, 5) is 11.5. The van der Waals surface area contributed by atoms with E-state index < -0.39 is 0 Å². The minimum absolute atomic E-state index is 0.0940. The number of aryl methyl sites for hydroxylation is 1. The number of ether oxygens (including phenoxy) is 1. The van der Waals surface area contributed by atoms with Crippen LogP contribution in [0.3, 0.4) is 0 Å². The van der Waals surface area contributed by atoms with Crippen molar-refractivity contribution in [3.8, 4) is 11.8 Å². The van der Waals surface area contributed by atoms with E-state index in [9.17, 15) is 4.79 Å². The minimum atomic E-state index is -0.177. The largest absolute Gasteiger partial charge is 0.384 e. The van der Waals surface area contributed by atoms with E-state index in [1.54, 1.807) is 13.2 Å². The lowest BCUT2D eigenvalue weighted by atomic mass is 10.1. The van der Waals surface area contributed by atoms with Gasteiger partial charge in [0.1, 0.15) is 6.61 Å². The molecule has 0 aliphatic rings. The number of aliphatic hydroxyl groups is 1. The normalized spacial score (nSPS) is 9.50. The van der Waals surface area contributed by atoms with E-state index in [1.165, 1.54) is 0 Å². The number of anilines is 1. The smallest absolute Gasteiger partial charge is 0.226 e. The SMILES string of the molecule is COCCC(=O)Nc1cc(C)cc(C#CCO)c1. The van der Waals surface area contributed by atoms with Gasteiger partial charge >= 0.3 is 0 Å². The van der Waals surface area contributed by atoms with Crippen LogP contribution in [0, 0.1) is 18.8 Å². The number of carbonyl (C=O) groups is 1. The number of rotatable bonds is 4. The molecule has 0 bridgehead atoms. The molecule has 4 heteroatoms. The van der Waals surface area contributed by atoms with Crippen molar-refractivity contribution in [3.05, 3.63) is 29.3 Å². The molecule has 0 saturated heterocycles. The van der Waals surface area contributed by atoms with Crippen molar-refractivity contribution in [2.24, 2.45) is 0 Å². The Morgan fingerprint density at radius 3 is 2.89 bits per heavy atom. The van der Waals surface area contributed by atoms with Gasteiger partial charge in [0.25, 0.3) is 0 Å². The van der Waals surface area contributed by atoms with Crippen LogP contribution in [-0.2, 0) is 9.53 Å². The second-order valence-electron chi connectivity index (χ2n) is 3.84. The Balaban J connectivity index is 2.76. The fourth-order valence-electron chi connectivity index (χ4n) is 1.49. The van der Waals surface area contributed by atoms with E-state index in [0.717, 1.165) is 11.1 Å². The quantitative estimate of drug-likeness (QED) is 0.789. The molecule has 1 aromatic rings. The second kappa shape index (κ2) is 7.49. The highest BCUT2D eigenvalue weighted by molar-refractivity contribution is 5.91. The van der Waals surface area contributed by atoms with E-state index in [-0.39, 0.29) is 12.5 Å². The summed E-state index contributed by atoms with van der Waals surface area (Å²) < 4.78 is 4.84. The van der Waals surface area contributed by atoms with Gasteiger partial charge < -0.3 is 15.2 Å². The average molecular weight is 247 g/mol. The van der Waals surface area contributed by atoms with E-state index in [0.29, 0.717) is 18.7 Å². The summed E-state index contributed by atoms with van der Waals surface area (Å²) in [7, 11) is 1.56. The zero-order valence-corrected chi connectivity index (χ0v) is 10.6. The van der Waals surface area contributed by atoms with Crippen LogP contribution in [0.15, 0.2) is 18.2 Å². The Hall–Kier alpha value is -1.83. The van der Waals surface area contributed by atoms with Crippen molar-refractivity contribution in [1.29, 1.82) is 0 Å². The minimum Gasteiger partial charge on any atom is -0.384 e. The fraction of sp³-hybridized carbons (Fsp3) is 0.357. The predicted octanol–water partition coefficient (Wildman–Crippen LogP) is 1.31. The molecule has 4 nitrogen and oxygen atoms in total. The van der Waals surface area contributed by atoms with Crippen molar-refractivity contribution in [1.82, 2.24) is 0 Å². The summed E-state index contributed by atoms with van der Waals surface area (Å²) in [6, 6.07) is 5.54. The zero-order valence-electron chi connectivity index (χ0n) is 10.6. The fourth-order valence-corrected chi connectivity index (χ4v) is 1.49. The second-order valence-corrected chi connectivity index (χ2v) is 3.84. The molecule has 0 fully saturated rings. The number of aliphatic hydroxyl groups excluding tert-OH is 1. The first-order valence-corrected chi connectivity index (χ1v) is 5.66. The first-order valence-electron chi connectivity index (χ1n) is 5.66. The van der Waals surface area contributed by atoms with Gasteiger partial charge in [-0.2, -0.15) is 0 Å². The Bertz CT molecular complexity index is 472. The molecule has 1 aromatic carbocycles. The average Bonchev–Trinajstić information content (AvgIpc) is 2.33. The molecule has 2 N–H and O–H groups in total. The van der Waals surface area contributed by atoms with E-state index in [4.69, 9.17) is 9.84 Å². The Kier molecular flexibility index (Phi) is 5.92. The van der Waals surface area contributed by atoms with E-state index >= 15 is 0 Å². The van der Waals surface area contributed by atoms with Crippen LogP contribution in [0.2, 0.25) is 0 Å². The van der Waals surface area contributed by atoms with Crippen molar-refractivity contribution < 1.29 is 14.6 Å². The molecule has 0 aliphatic carbocycles. The topological polar surface area (TPSA) is 58.6 Å². The van der Waals surface area contributed by atoms with Crippen LogP contribution >= 0.6 is 0 Å².